The Hall–Kier alpha value is -3.80. The SMILES string of the molecule is CC.CC.CC.COc1nc(C)ncc1-n1nc(OCCCn2cc(C)c3cnc(Cl)nc32)c([N+](=O)[O-])c1C. The highest BCUT2D eigenvalue weighted by molar-refractivity contribution is 6.28. The van der Waals surface area contributed by atoms with Crippen LogP contribution >= 0.6 is 11.6 Å². The molecular formula is C26H39ClN8O4. The van der Waals surface area contributed by atoms with E-state index in [1.807, 2.05) is 59.2 Å². The van der Waals surface area contributed by atoms with E-state index >= 15 is 0 Å². The number of rotatable bonds is 8. The van der Waals surface area contributed by atoms with E-state index in [4.69, 9.17) is 21.1 Å². The molecule has 4 aromatic heterocycles. The molecule has 0 fully saturated rings. The first-order valence-electron chi connectivity index (χ1n) is 13.0. The third-order valence-corrected chi connectivity index (χ3v) is 5.26. The molecule has 0 aliphatic heterocycles. The van der Waals surface area contributed by atoms with Crippen LogP contribution in [0.3, 0.4) is 0 Å². The number of hydrogen-bond donors (Lipinski definition) is 0. The lowest BCUT2D eigenvalue weighted by atomic mass is 10.3. The number of halogens is 1. The maximum absolute atomic E-state index is 11.7. The number of ether oxygens (including phenoxy) is 2. The van der Waals surface area contributed by atoms with E-state index in [0.717, 1.165) is 16.6 Å². The Kier molecular flexibility index (Phi) is 13.8. The summed E-state index contributed by atoms with van der Waals surface area (Å²) in [5.41, 5.74) is 2.19. The summed E-state index contributed by atoms with van der Waals surface area (Å²) in [4.78, 5) is 27.9. The zero-order valence-electron chi connectivity index (χ0n) is 24.4. The van der Waals surface area contributed by atoms with Crippen LogP contribution in [0.4, 0.5) is 5.69 Å². The normalized spacial score (nSPS) is 9.92. The molecule has 13 heteroatoms. The average Bonchev–Trinajstić information content (AvgIpc) is 3.45. The van der Waals surface area contributed by atoms with Crippen LogP contribution in [0.25, 0.3) is 16.7 Å². The molecule has 0 radical (unpaired) electrons. The van der Waals surface area contributed by atoms with Crippen LogP contribution in [-0.2, 0) is 6.54 Å². The average molecular weight is 563 g/mol. The molecule has 4 aromatic rings. The highest BCUT2D eigenvalue weighted by Crippen LogP contribution is 2.33. The van der Waals surface area contributed by atoms with Crippen molar-refractivity contribution in [3.05, 3.63) is 51.1 Å². The Morgan fingerprint density at radius 3 is 2.28 bits per heavy atom. The quantitative estimate of drug-likeness (QED) is 0.103. The van der Waals surface area contributed by atoms with E-state index in [1.54, 1.807) is 20.0 Å². The summed E-state index contributed by atoms with van der Waals surface area (Å²) in [5, 5.41) is 17.1. The van der Waals surface area contributed by atoms with Crippen LogP contribution in [-0.4, -0.2) is 52.9 Å². The summed E-state index contributed by atoms with van der Waals surface area (Å²) in [6.07, 6.45) is 5.71. The predicted octanol–water partition coefficient (Wildman–Crippen LogP) is 6.45. The predicted molar refractivity (Wildman–Crippen MR) is 153 cm³/mol. The van der Waals surface area contributed by atoms with Crippen molar-refractivity contribution in [2.45, 2.75) is 75.3 Å². The molecule has 4 rings (SSSR count). The van der Waals surface area contributed by atoms with E-state index in [-0.39, 0.29) is 35.0 Å². The summed E-state index contributed by atoms with van der Waals surface area (Å²) >= 11 is 5.93. The number of methoxy groups -OCH3 is 1. The molecule has 0 bridgehead atoms. The molecule has 0 spiro atoms. The summed E-state index contributed by atoms with van der Waals surface area (Å²) < 4.78 is 14.3. The fourth-order valence-corrected chi connectivity index (χ4v) is 3.67. The molecule has 0 aromatic carbocycles. The van der Waals surface area contributed by atoms with Crippen molar-refractivity contribution in [3.8, 4) is 17.4 Å². The van der Waals surface area contributed by atoms with Crippen molar-refractivity contribution in [2.75, 3.05) is 13.7 Å². The first-order valence-corrected chi connectivity index (χ1v) is 13.4. The maximum Gasteiger partial charge on any atom is 0.353 e. The van der Waals surface area contributed by atoms with Crippen LogP contribution in [0.5, 0.6) is 11.8 Å². The number of nitro groups is 1. The molecule has 0 unspecified atom stereocenters. The second kappa shape index (κ2) is 16.2. The van der Waals surface area contributed by atoms with Gasteiger partial charge in [-0.05, 0) is 44.4 Å². The Morgan fingerprint density at radius 1 is 1.00 bits per heavy atom. The molecule has 0 amide bonds. The van der Waals surface area contributed by atoms with Gasteiger partial charge in [0.25, 0.3) is 0 Å². The summed E-state index contributed by atoms with van der Waals surface area (Å²) in [6, 6.07) is 0. The third-order valence-electron chi connectivity index (χ3n) is 5.08. The summed E-state index contributed by atoms with van der Waals surface area (Å²) in [7, 11) is 1.46. The first-order chi connectivity index (χ1) is 18.8. The van der Waals surface area contributed by atoms with Gasteiger partial charge in [0, 0.05) is 24.3 Å². The van der Waals surface area contributed by atoms with Gasteiger partial charge >= 0.3 is 11.6 Å². The van der Waals surface area contributed by atoms with Gasteiger partial charge < -0.3 is 14.0 Å². The lowest BCUT2D eigenvalue weighted by molar-refractivity contribution is -0.386. The highest BCUT2D eigenvalue weighted by Gasteiger charge is 2.29. The molecule has 0 aliphatic carbocycles. The molecule has 0 N–H and O–H groups in total. The standard InChI is InChI=1S/C20H21ClN8O4.3C2H6/c1-11-10-27(17-14(11)8-23-20(21)25-17)6-5-7-33-19-16(29(30)31)12(2)28(26-19)15-9-22-13(3)24-18(15)32-4;3*1-2/h8-10H,5-7H2,1-4H3;3*1-2H3. The minimum absolute atomic E-state index is 0.0842. The smallest absolute Gasteiger partial charge is 0.353 e. The van der Waals surface area contributed by atoms with Gasteiger partial charge in [-0.25, -0.2) is 14.6 Å². The van der Waals surface area contributed by atoms with Crippen LogP contribution in [0.15, 0.2) is 18.6 Å². The molecular weight excluding hydrogens is 524 g/mol. The minimum Gasteiger partial charge on any atom is -0.479 e. The minimum atomic E-state index is -0.516. The van der Waals surface area contributed by atoms with Crippen LogP contribution in [0.2, 0.25) is 5.28 Å². The Balaban J connectivity index is 0.00000119. The fourth-order valence-electron chi connectivity index (χ4n) is 3.54. The summed E-state index contributed by atoms with van der Waals surface area (Å²) in [5.74, 6) is 0.676. The molecule has 0 saturated carbocycles. The molecule has 12 nitrogen and oxygen atoms in total. The van der Waals surface area contributed by atoms with E-state index in [0.29, 0.717) is 24.5 Å². The maximum atomic E-state index is 11.7. The van der Waals surface area contributed by atoms with Crippen LogP contribution in [0, 0.1) is 30.9 Å². The van der Waals surface area contributed by atoms with Crippen LogP contribution < -0.4 is 9.47 Å². The van der Waals surface area contributed by atoms with Gasteiger partial charge in [0.1, 0.15) is 22.9 Å². The van der Waals surface area contributed by atoms with Gasteiger partial charge in [-0.15, -0.1) is 5.10 Å². The number of nitrogens with zero attached hydrogens (tertiary/aromatic N) is 8. The lowest BCUT2D eigenvalue weighted by Crippen LogP contribution is -2.07. The highest BCUT2D eigenvalue weighted by atomic mass is 35.5. The van der Waals surface area contributed by atoms with Crippen molar-refractivity contribution in [2.24, 2.45) is 0 Å². The zero-order valence-corrected chi connectivity index (χ0v) is 25.2. The number of aryl methyl sites for hydroxylation is 3. The number of aromatic nitrogens is 7. The molecule has 39 heavy (non-hydrogen) atoms. The van der Waals surface area contributed by atoms with Gasteiger partial charge in [-0.1, -0.05) is 41.5 Å². The third kappa shape index (κ3) is 7.85. The molecule has 0 atom stereocenters. The number of fused-ring (bicyclic) bond motifs is 1. The van der Waals surface area contributed by atoms with Crippen molar-refractivity contribution in [1.82, 2.24) is 34.3 Å². The van der Waals surface area contributed by atoms with Crippen LogP contribution in [0.1, 0.15) is 65.0 Å². The van der Waals surface area contributed by atoms with Gasteiger partial charge in [-0.2, -0.15) is 9.97 Å². The summed E-state index contributed by atoms with van der Waals surface area (Å²) in [6.45, 7) is 18.0. The largest absolute Gasteiger partial charge is 0.479 e. The van der Waals surface area contributed by atoms with E-state index in [9.17, 15) is 10.1 Å². The van der Waals surface area contributed by atoms with Crippen molar-refractivity contribution in [3.63, 3.8) is 0 Å². The van der Waals surface area contributed by atoms with Crippen molar-refractivity contribution in [1.29, 1.82) is 0 Å². The van der Waals surface area contributed by atoms with Crippen molar-refractivity contribution < 1.29 is 14.4 Å². The molecule has 4 heterocycles. The molecule has 214 valence electrons. The monoisotopic (exact) mass is 562 g/mol. The second-order valence-corrected chi connectivity index (χ2v) is 7.64. The van der Waals surface area contributed by atoms with E-state index < -0.39 is 4.92 Å². The second-order valence-electron chi connectivity index (χ2n) is 7.30. The first kappa shape index (κ1) is 33.2. The van der Waals surface area contributed by atoms with E-state index in [2.05, 4.69) is 25.0 Å². The molecule has 0 saturated heterocycles. The van der Waals surface area contributed by atoms with Gasteiger partial charge in [0.2, 0.25) is 11.2 Å². The van der Waals surface area contributed by atoms with Gasteiger partial charge in [-0.3, -0.25) is 10.1 Å². The van der Waals surface area contributed by atoms with E-state index in [1.165, 1.54) is 18.0 Å². The Labute approximate surface area is 234 Å². The zero-order chi connectivity index (χ0) is 29.7. The Bertz CT molecular complexity index is 1350. The number of hydrogen-bond acceptors (Lipinski definition) is 9. The Morgan fingerprint density at radius 2 is 1.67 bits per heavy atom. The van der Waals surface area contributed by atoms with Gasteiger partial charge in [0.05, 0.1) is 24.8 Å². The van der Waals surface area contributed by atoms with Crippen molar-refractivity contribution >= 4 is 28.3 Å². The topological polar surface area (TPSA) is 136 Å². The fraction of sp³-hybridized carbons (Fsp3) is 0.500. The lowest BCUT2D eigenvalue weighted by Gasteiger charge is -2.08. The molecule has 0 aliphatic rings. The van der Waals surface area contributed by atoms with Gasteiger partial charge in [0.15, 0.2) is 0 Å².